The van der Waals surface area contributed by atoms with Crippen molar-refractivity contribution in [3.63, 3.8) is 0 Å². The van der Waals surface area contributed by atoms with E-state index < -0.39 is 20.3 Å². The first-order valence-electron chi connectivity index (χ1n) is 10.8. The predicted octanol–water partition coefficient (Wildman–Crippen LogP) is 5.12. The van der Waals surface area contributed by atoms with Crippen LogP contribution in [0.25, 0.3) is 0 Å². The molecule has 0 amide bonds. The molecule has 1 saturated carbocycles. The van der Waals surface area contributed by atoms with Crippen molar-refractivity contribution >= 4 is 14.3 Å². The third kappa shape index (κ3) is 5.47. The Bertz CT molecular complexity index is 729. The van der Waals surface area contributed by atoms with Crippen LogP contribution in [0.15, 0.2) is 24.3 Å². The molecule has 0 radical (unpaired) electrons. The van der Waals surface area contributed by atoms with Crippen LogP contribution in [0.5, 0.6) is 0 Å². The first-order chi connectivity index (χ1) is 13.5. The SMILES string of the molecule is CC(C)(C)[Si](C)(C)OC[C@H]1CN([C@H](CC2CC2)C(=O)O)C[C@@H]1c1cccc(F)c1. The molecule has 1 aromatic carbocycles. The van der Waals surface area contributed by atoms with Gasteiger partial charge in [0, 0.05) is 31.5 Å². The van der Waals surface area contributed by atoms with E-state index in [1.54, 1.807) is 12.1 Å². The van der Waals surface area contributed by atoms with Gasteiger partial charge in [-0.15, -0.1) is 0 Å². The fourth-order valence-electron chi connectivity index (χ4n) is 4.05. The molecule has 1 aliphatic carbocycles. The maximum atomic E-state index is 13.9. The largest absolute Gasteiger partial charge is 0.480 e. The summed E-state index contributed by atoms with van der Waals surface area (Å²) >= 11 is 0. The van der Waals surface area contributed by atoms with Gasteiger partial charge in [0.2, 0.25) is 0 Å². The van der Waals surface area contributed by atoms with Crippen LogP contribution >= 0.6 is 0 Å². The van der Waals surface area contributed by atoms with Gasteiger partial charge in [0.25, 0.3) is 0 Å². The van der Waals surface area contributed by atoms with E-state index in [0.717, 1.165) is 24.8 Å². The number of aliphatic carboxylic acids is 1. The second-order valence-electron chi connectivity index (χ2n) is 10.5. The van der Waals surface area contributed by atoms with Crippen molar-refractivity contribution in [2.75, 3.05) is 19.7 Å². The molecule has 3 atom stereocenters. The third-order valence-electron chi connectivity index (χ3n) is 7.19. The van der Waals surface area contributed by atoms with Crippen LogP contribution in [0.4, 0.5) is 4.39 Å². The lowest BCUT2D eigenvalue weighted by Gasteiger charge is -2.37. The van der Waals surface area contributed by atoms with Gasteiger partial charge >= 0.3 is 5.97 Å². The molecule has 1 aromatic rings. The summed E-state index contributed by atoms with van der Waals surface area (Å²) in [6.07, 6.45) is 3.01. The molecule has 0 unspecified atom stereocenters. The number of hydrogen-bond acceptors (Lipinski definition) is 3. The zero-order valence-corrected chi connectivity index (χ0v) is 19.5. The third-order valence-corrected chi connectivity index (χ3v) is 11.7. The molecule has 1 aliphatic heterocycles. The van der Waals surface area contributed by atoms with Crippen LogP contribution in [-0.4, -0.2) is 50.0 Å². The van der Waals surface area contributed by atoms with E-state index in [-0.39, 0.29) is 22.7 Å². The number of rotatable bonds is 8. The molecule has 3 rings (SSSR count). The minimum Gasteiger partial charge on any atom is -0.480 e. The van der Waals surface area contributed by atoms with Gasteiger partial charge in [0.1, 0.15) is 11.9 Å². The van der Waals surface area contributed by atoms with Crippen molar-refractivity contribution in [3.8, 4) is 0 Å². The Morgan fingerprint density at radius 3 is 2.55 bits per heavy atom. The zero-order chi connectivity index (χ0) is 21.4. The van der Waals surface area contributed by atoms with Crippen molar-refractivity contribution in [2.24, 2.45) is 11.8 Å². The van der Waals surface area contributed by atoms with E-state index in [4.69, 9.17) is 4.43 Å². The van der Waals surface area contributed by atoms with Crippen molar-refractivity contribution in [1.82, 2.24) is 4.90 Å². The molecule has 162 valence electrons. The highest BCUT2D eigenvalue weighted by Crippen LogP contribution is 2.41. The number of nitrogens with zero attached hydrogens (tertiary/aromatic N) is 1. The molecule has 0 aromatic heterocycles. The van der Waals surface area contributed by atoms with E-state index in [2.05, 4.69) is 38.8 Å². The smallest absolute Gasteiger partial charge is 0.320 e. The summed E-state index contributed by atoms with van der Waals surface area (Å²) in [7, 11) is -1.91. The Labute approximate surface area is 175 Å². The minimum absolute atomic E-state index is 0.0940. The quantitative estimate of drug-likeness (QED) is 0.592. The molecule has 0 bridgehead atoms. The fourth-order valence-corrected chi connectivity index (χ4v) is 5.11. The maximum Gasteiger partial charge on any atom is 0.320 e. The first-order valence-corrected chi connectivity index (χ1v) is 13.7. The van der Waals surface area contributed by atoms with Gasteiger partial charge in [0.15, 0.2) is 8.32 Å². The van der Waals surface area contributed by atoms with Gasteiger partial charge in [-0.1, -0.05) is 45.7 Å². The van der Waals surface area contributed by atoms with Crippen LogP contribution in [0, 0.1) is 17.7 Å². The Kier molecular flexibility index (Phi) is 6.56. The average molecular weight is 422 g/mol. The molecule has 4 nitrogen and oxygen atoms in total. The van der Waals surface area contributed by atoms with Crippen LogP contribution in [-0.2, 0) is 9.22 Å². The average Bonchev–Trinajstić information content (AvgIpc) is 3.34. The topological polar surface area (TPSA) is 49.8 Å². The summed E-state index contributed by atoms with van der Waals surface area (Å²) in [6.45, 7) is 13.1. The lowest BCUT2D eigenvalue weighted by atomic mass is 9.89. The lowest BCUT2D eigenvalue weighted by molar-refractivity contribution is -0.143. The normalized spacial score (nSPS) is 24.6. The van der Waals surface area contributed by atoms with Crippen molar-refractivity contribution in [2.45, 2.75) is 70.1 Å². The number of halogens is 1. The van der Waals surface area contributed by atoms with E-state index in [9.17, 15) is 14.3 Å². The second kappa shape index (κ2) is 8.48. The summed E-state index contributed by atoms with van der Waals surface area (Å²) in [6, 6.07) is 6.33. The number of carboxylic acid groups (broad SMARTS) is 1. The summed E-state index contributed by atoms with van der Waals surface area (Å²) in [5.74, 6) is -0.159. The molecule has 2 aliphatic rings. The molecule has 1 heterocycles. The van der Waals surface area contributed by atoms with E-state index in [1.807, 2.05) is 6.07 Å². The first kappa shape index (κ1) is 22.4. The maximum absolute atomic E-state index is 13.9. The molecular formula is C23H36FNO3Si. The van der Waals surface area contributed by atoms with Gasteiger partial charge in [-0.2, -0.15) is 0 Å². The van der Waals surface area contributed by atoms with Gasteiger partial charge < -0.3 is 9.53 Å². The Morgan fingerprint density at radius 2 is 2.00 bits per heavy atom. The standard InChI is InChI=1S/C23H36FNO3Si/c1-23(2,3)29(4,5)28-15-18-13-25(21(22(26)27)11-16-9-10-16)14-20(18)17-7-6-8-19(24)12-17/h6-8,12,16,18,20-21H,9-11,13-15H2,1-5H3,(H,26,27)/t18-,20-,21-/m1/s1. The number of carbonyl (C=O) groups is 1. The van der Waals surface area contributed by atoms with Crippen molar-refractivity contribution in [1.29, 1.82) is 0 Å². The number of likely N-dealkylation sites (tertiary alicyclic amines) is 1. The van der Waals surface area contributed by atoms with Gasteiger partial charge in [-0.25, -0.2) is 4.39 Å². The lowest BCUT2D eigenvalue weighted by Crippen LogP contribution is -2.43. The minimum atomic E-state index is -1.91. The fraction of sp³-hybridized carbons (Fsp3) is 0.696. The second-order valence-corrected chi connectivity index (χ2v) is 15.3. The highest BCUT2D eigenvalue weighted by molar-refractivity contribution is 6.74. The predicted molar refractivity (Wildman–Crippen MR) is 116 cm³/mol. The molecule has 6 heteroatoms. The van der Waals surface area contributed by atoms with E-state index in [0.29, 0.717) is 25.6 Å². The number of hydrogen-bond donors (Lipinski definition) is 1. The molecule has 29 heavy (non-hydrogen) atoms. The summed E-state index contributed by atoms with van der Waals surface area (Å²) in [4.78, 5) is 14.1. The summed E-state index contributed by atoms with van der Waals surface area (Å²) < 4.78 is 20.4. The van der Waals surface area contributed by atoms with Crippen LogP contribution in [0.2, 0.25) is 18.1 Å². The molecule has 1 saturated heterocycles. The van der Waals surface area contributed by atoms with Crippen LogP contribution in [0.1, 0.15) is 51.5 Å². The van der Waals surface area contributed by atoms with Crippen LogP contribution < -0.4 is 0 Å². The monoisotopic (exact) mass is 421 g/mol. The van der Waals surface area contributed by atoms with E-state index >= 15 is 0 Å². The Hall–Kier alpha value is -1.24. The number of carboxylic acids is 1. The number of benzene rings is 1. The Balaban J connectivity index is 1.79. The van der Waals surface area contributed by atoms with Crippen LogP contribution in [0.3, 0.4) is 0 Å². The molecule has 1 N–H and O–H groups in total. The van der Waals surface area contributed by atoms with Gasteiger partial charge in [-0.05, 0) is 48.2 Å². The van der Waals surface area contributed by atoms with E-state index in [1.165, 1.54) is 6.07 Å². The van der Waals surface area contributed by atoms with Gasteiger partial charge in [0.05, 0.1) is 0 Å². The zero-order valence-electron chi connectivity index (χ0n) is 18.5. The molecule has 2 fully saturated rings. The highest BCUT2D eigenvalue weighted by atomic mass is 28.4. The van der Waals surface area contributed by atoms with Crippen molar-refractivity contribution in [3.05, 3.63) is 35.6 Å². The Morgan fingerprint density at radius 1 is 1.31 bits per heavy atom. The van der Waals surface area contributed by atoms with Gasteiger partial charge in [-0.3, -0.25) is 9.69 Å². The highest BCUT2D eigenvalue weighted by Gasteiger charge is 2.43. The van der Waals surface area contributed by atoms with Crippen molar-refractivity contribution < 1.29 is 18.7 Å². The molecule has 0 spiro atoms. The summed E-state index contributed by atoms with van der Waals surface area (Å²) in [5.41, 5.74) is 0.951. The molecular weight excluding hydrogens is 385 g/mol. The summed E-state index contributed by atoms with van der Waals surface area (Å²) in [5, 5.41) is 9.96.